The van der Waals surface area contributed by atoms with Gasteiger partial charge in [0.05, 0.1) is 19.3 Å². The molecule has 2 heterocycles. The molecule has 0 aromatic heterocycles. The highest BCUT2D eigenvalue weighted by Gasteiger charge is 2.59. The molecular weight excluding hydrogens is 182 g/mol. The molecule has 1 saturated carbocycles. The first-order valence-corrected chi connectivity index (χ1v) is 5.32. The van der Waals surface area contributed by atoms with Gasteiger partial charge in [-0.25, -0.2) is 0 Å². The molecule has 4 heteroatoms. The topological polar surface area (TPSA) is 49.8 Å². The smallest absolute Gasteiger partial charge is 0.226 e. The standard InChI is InChI=1S/C10H15NO3/c12-6-1-2-11(3-6)10(13)9-7-4-14-5-8(7)9/h6-9,12H,1-5H2/t6-,7?,8?,9?/m1/s1. The lowest BCUT2D eigenvalue weighted by Crippen LogP contribution is -2.32. The number of aliphatic hydroxyl groups is 1. The van der Waals surface area contributed by atoms with Crippen LogP contribution in [0.25, 0.3) is 0 Å². The molecule has 2 aliphatic heterocycles. The molecule has 3 aliphatic rings. The fourth-order valence-corrected chi connectivity index (χ4v) is 2.76. The number of fused-ring (bicyclic) bond motifs is 1. The van der Waals surface area contributed by atoms with Gasteiger partial charge in [0.25, 0.3) is 0 Å². The Labute approximate surface area is 82.8 Å². The summed E-state index contributed by atoms with van der Waals surface area (Å²) in [6.07, 6.45) is 0.443. The Hall–Kier alpha value is -0.610. The van der Waals surface area contributed by atoms with Gasteiger partial charge in [-0.3, -0.25) is 4.79 Å². The molecule has 2 unspecified atom stereocenters. The zero-order valence-corrected chi connectivity index (χ0v) is 8.06. The van der Waals surface area contributed by atoms with Gasteiger partial charge >= 0.3 is 0 Å². The van der Waals surface area contributed by atoms with Crippen LogP contribution >= 0.6 is 0 Å². The second-order valence-corrected chi connectivity index (χ2v) is 4.62. The van der Waals surface area contributed by atoms with Crippen LogP contribution in [0.4, 0.5) is 0 Å². The van der Waals surface area contributed by atoms with Gasteiger partial charge < -0.3 is 14.7 Å². The van der Waals surface area contributed by atoms with Crippen molar-refractivity contribution in [3.05, 3.63) is 0 Å². The number of carbonyl (C=O) groups excluding carboxylic acids is 1. The molecule has 1 amide bonds. The van der Waals surface area contributed by atoms with Crippen LogP contribution in [0.1, 0.15) is 6.42 Å². The van der Waals surface area contributed by atoms with Crippen molar-refractivity contribution in [3.63, 3.8) is 0 Å². The minimum atomic E-state index is -0.297. The second kappa shape index (κ2) is 2.94. The van der Waals surface area contributed by atoms with E-state index in [2.05, 4.69) is 0 Å². The zero-order valence-electron chi connectivity index (χ0n) is 8.06. The van der Waals surface area contributed by atoms with E-state index >= 15 is 0 Å². The van der Waals surface area contributed by atoms with Gasteiger partial charge in [0.15, 0.2) is 0 Å². The summed E-state index contributed by atoms with van der Waals surface area (Å²) in [5.74, 6) is 1.44. The predicted octanol–water partition coefficient (Wildman–Crippen LogP) is -0.528. The predicted molar refractivity (Wildman–Crippen MR) is 48.5 cm³/mol. The minimum absolute atomic E-state index is 0.217. The lowest BCUT2D eigenvalue weighted by Gasteiger charge is -2.16. The summed E-state index contributed by atoms with van der Waals surface area (Å²) in [6, 6.07) is 0. The molecule has 14 heavy (non-hydrogen) atoms. The van der Waals surface area contributed by atoms with Gasteiger partial charge in [-0.15, -0.1) is 0 Å². The summed E-state index contributed by atoms with van der Waals surface area (Å²) in [4.78, 5) is 13.7. The maximum atomic E-state index is 11.9. The van der Waals surface area contributed by atoms with Gasteiger partial charge in [0.2, 0.25) is 5.91 Å². The number of amides is 1. The summed E-state index contributed by atoms with van der Waals surface area (Å²) in [7, 11) is 0. The number of aliphatic hydroxyl groups excluding tert-OH is 1. The van der Waals surface area contributed by atoms with Crippen molar-refractivity contribution in [2.75, 3.05) is 26.3 Å². The third-order valence-electron chi connectivity index (χ3n) is 3.71. The average molecular weight is 197 g/mol. The van der Waals surface area contributed by atoms with Gasteiger partial charge in [0.1, 0.15) is 0 Å². The van der Waals surface area contributed by atoms with Gasteiger partial charge in [-0.1, -0.05) is 0 Å². The molecule has 3 atom stereocenters. The van der Waals surface area contributed by atoms with Crippen molar-refractivity contribution >= 4 is 5.91 Å². The van der Waals surface area contributed by atoms with E-state index < -0.39 is 0 Å². The van der Waals surface area contributed by atoms with Crippen LogP contribution < -0.4 is 0 Å². The van der Waals surface area contributed by atoms with Crippen molar-refractivity contribution in [2.24, 2.45) is 17.8 Å². The second-order valence-electron chi connectivity index (χ2n) is 4.62. The van der Waals surface area contributed by atoms with Crippen LogP contribution in [0.15, 0.2) is 0 Å². The van der Waals surface area contributed by atoms with Crippen molar-refractivity contribution in [1.29, 1.82) is 0 Å². The number of hydrogen-bond donors (Lipinski definition) is 1. The van der Waals surface area contributed by atoms with Crippen LogP contribution in [-0.4, -0.2) is 48.3 Å². The summed E-state index contributed by atoms with van der Waals surface area (Å²) in [6.45, 7) is 2.79. The Morgan fingerprint density at radius 2 is 2.07 bits per heavy atom. The van der Waals surface area contributed by atoms with E-state index in [0.717, 1.165) is 26.2 Å². The molecule has 3 rings (SSSR count). The molecule has 0 spiro atoms. The van der Waals surface area contributed by atoms with E-state index in [-0.39, 0.29) is 17.9 Å². The molecular formula is C10H15NO3. The van der Waals surface area contributed by atoms with Gasteiger partial charge in [-0.2, -0.15) is 0 Å². The first kappa shape index (κ1) is 8.68. The maximum Gasteiger partial charge on any atom is 0.226 e. The molecule has 0 radical (unpaired) electrons. The number of rotatable bonds is 1. The van der Waals surface area contributed by atoms with E-state index in [4.69, 9.17) is 4.74 Å². The first-order valence-electron chi connectivity index (χ1n) is 5.32. The highest BCUT2D eigenvalue weighted by atomic mass is 16.5. The largest absolute Gasteiger partial charge is 0.391 e. The quantitative estimate of drug-likeness (QED) is 0.615. The monoisotopic (exact) mass is 197 g/mol. The molecule has 78 valence electrons. The number of carbonyl (C=O) groups is 1. The SMILES string of the molecule is O=C(C1C2COCC21)N1CC[C@@H](O)C1. The first-order chi connectivity index (χ1) is 6.77. The number of β-amino-alcohol motifs (C(OH)–C–C–N with tert-alkyl or cyclic N) is 1. The molecule has 4 nitrogen and oxygen atoms in total. The Morgan fingerprint density at radius 1 is 1.36 bits per heavy atom. The van der Waals surface area contributed by atoms with Crippen LogP contribution in [-0.2, 0) is 9.53 Å². The fraction of sp³-hybridized carbons (Fsp3) is 0.900. The van der Waals surface area contributed by atoms with Crippen LogP contribution in [0.3, 0.4) is 0 Å². The summed E-state index contributed by atoms with van der Waals surface area (Å²) in [5.41, 5.74) is 0. The van der Waals surface area contributed by atoms with Crippen molar-refractivity contribution in [1.82, 2.24) is 4.90 Å². The number of hydrogen-bond acceptors (Lipinski definition) is 3. The van der Waals surface area contributed by atoms with E-state index in [0.29, 0.717) is 18.4 Å². The molecule has 0 aromatic rings. The molecule has 3 fully saturated rings. The molecule has 1 aliphatic carbocycles. The van der Waals surface area contributed by atoms with Crippen molar-refractivity contribution in [2.45, 2.75) is 12.5 Å². The average Bonchev–Trinajstić information content (AvgIpc) is 2.56. The Balaban J connectivity index is 1.61. The fourth-order valence-electron chi connectivity index (χ4n) is 2.76. The number of ether oxygens (including phenoxy) is 1. The molecule has 0 aromatic carbocycles. The summed E-state index contributed by atoms with van der Waals surface area (Å²) >= 11 is 0. The number of nitrogens with zero attached hydrogens (tertiary/aromatic N) is 1. The molecule has 2 saturated heterocycles. The van der Waals surface area contributed by atoms with Crippen molar-refractivity contribution < 1.29 is 14.6 Å². The van der Waals surface area contributed by atoms with Gasteiger partial charge in [0, 0.05) is 19.0 Å². The van der Waals surface area contributed by atoms with E-state index in [1.165, 1.54) is 0 Å². The molecule has 1 N–H and O–H groups in total. The minimum Gasteiger partial charge on any atom is -0.391 e. The van der Waals surface area contributed by atoms with Crippen LogP contribution in [0, 0.1) is 17.8 Å². The Kier molecular flexibility index (Phi) is 1.82. The third-order valence-corrected chi connectivity index (χ3v) is 3.71. The van der Waals surface area contributed by atoms with Crippen LogP contribution in [0.5, 0.6) is 0 Å². The lowest BCUT2D eigenvalue weighted by atomic mass is 10.2. The zero-order chi connectivity index (χ0) is 9.71. The maximum absolute atomic E-state index is 11.9. The normalized spacial score (nSPS) is 45.4. The van der Waals surface area contributed by atoms with E-state index in [1.807, 2.05) is 4.90 Å². The molecule has 0 bridgehead atoms. The van der Waals surface area contributed by atoms with Gasteiger partial charge in [-0.05, 0) is 18.3 Å². The highest BCUT2D eigenvalue weighted by molar-refractivity contribution is 5.82. The Morgan fingerprint density at radius 3 is 2.64 bits per heavy atom. The highest BCUT2D eigenvalue weighted by Crippen LogP contribution is 2.51. The van der Waals surface area contributed by atoms with Crippen LogP contribution in [0.2, 0.25) is 0 Å². The number of likely N-dealkylation sites (tertiary alicyclic amines) is 1. The third kappa shape index (κ3) is 1.17. The lowest BCUT2D eigenvalue weighted by molar-refractivity contribution is -0.133. The summed E-state index contributed by atoms with van der Waals surface area (Å²) < 4.78 is 5.25. The van der Waals surface area contributed by atoms with E-state index in [1.54, 1.807) is 0 Å². The van der Waals surface area contributed by atoms with E-state index in [9.17, 15) is 9.90 Å². The Bertz CT molecular complexity index is 254. The van der Waals surface area contributed by atoms with Crippen molar-refractivity contribution in [3.8, 4) is 0 Å². The summed E-state index contributed by atoms with van der Waals surface area (Å²) in [5, 5.41) is 9.34.